The molecule has 1 N–H and O–H groups in total. The second kappa shape index (κ2) is 6.66. The quantitative estimate of drug-likeness (QED) is 0.863. The Kier molecular flexibility index (Phi) is 5.74. The average molecular weight is 326 g/mol. The van der Waals surface area contributed by atoms with Crippen molar-refractivity contribution in [3.05, 3.63) is 27.7 Å². The molecule has 0 unspecified atom stereocenters. The minimum Gasteiger partial charge on any atom is -0.506 e. The molecule has 1 aliphatic heterocycles. The number of piperazine rings is 1. The van der Waals surface area contributed by atoms with Gasteiger partial charge in [-0.15, -0.1) is 12.4 Å². The molecule has 1 aromatic carbocycles. The molecular formula is C12H15Cl3N2O2. The van der Waals surface area contributed by atoms with Gasteiger partial charge >= 0.3 is 0 Å². The van der Waals surface area contributed by atoms with E-state index < -0.39 is 0 Å². The summed E-state index contributed by atoms with van der Waals surface area (Å²) in [5.74, 6) is -0.435. The highest BCUT2D eigenvalue weighted by atomic mass is 35.5. The van der Waals surface area contributed by atoms with Crippen molar-refractivity contribution in [1.82, 2.24) is 9.80 Å². The van der Waals surface area contributed by atoms with E-state index in [4.69, 9.17) is 23.2 Å². The van der Waals surface area contributed by atoms with Crippen LogP contribution in [0.5, 0.6) is 5.75 Å². The number of carbonyl (C=O) groups excluding carboxylic acids is 1. The Morgan fingerprint density at radius 3 is 2.37 bits per heavy atom. The zero-order valence-electron chi connectivity index (χ0n) is 10.4. The van der Waals surface area contributed by atoms with Gasteiger partial charge in [0.05, 0.1) is 10.6 Å². The number of likely N-dealkylation sites (N-methyl/N-ethyl adjacent to an activating group) is 1. The van der Waals surface area contributed by atoms with E-state index in [1.54, 1.807) is 4.90 Å². The molecular weight excluding hydrogens is 311 g/mol. The molecule has 1 fully saturated rings. The third kappa shape index (κ3) is 3.66. The lowest BCUT2D eigenvalue weighted by Crippen LogP contribution is -2.47. The van der Waals surface area contributed by atoms with Crippen LogP contribution in [0.15, 0.2) is 12.1 Å². The van der Waals surface area contributed by atoms with E-state index in [0.29, 0.717) is 18.1 Å². The van der Waals surface area contributed by atoms with Gasteiger partial charge in [0.1, 0.15) is 5.75 Å². The molecule has 0 atom stereocenters. The van der Waals surface area contributed by atoms with Gasteiger partial charge in [-0.25, -0.2) is 0 Å². The first-order valence-corrected chi connectivity index (χ1v) is 6.40. The molecule has 0 spiro atoms. The number of rotatable bonds is 1. The van der Waals surface area contributed by atoms with E-state index in [0.717, 1.165) is 13.1 Å². The number of halogens is 3. The Labute approximate surface area is 128 Å². The number of aromatic hydroxyl groups is 1. The van der Waals surface area contributed by atoms with Crippen molar-refractivity contribution in [3.63, 3.8) is 0 Å². The van der Waals surface area contributed by atoms with Crippen LogP contribution in [0, 0.1) is 0 Å². The van der Waals surface area contributed by atoms with Gasteiger partial charge in [-0.1, -0.05) is 23.2 Å². The molecule has 1 heterocycles. The summed E-state index contributed by atoms with van der Waals surface area (Å²) in [6.45, 7) is 2.92. The van der Waals surface area contributed by atoms with Gasteiger partial charge in [0.25, 0.3) is 5.91 Å². The van der Waals surface area contributed by atoms with Crippen molar-refractivity contribution in [3.8, 4) is 5.75 Å². The molecule has 0 aliphatic carbocycles. The van der Waals surface area contributed by atoms with E-state index in [1.165, 1.54) is 12.1 Å². The molecule has 1 amide bonds. The second-order valence-corrected chi connectivity index (χ2v) is 5.22. The van der Waals surface area contributed by atoms with Crippen molar-refractivity contribution in [1.29, 1.82) is 0 Å². The fourth-order valence-corrected chi connectivity index (χ4v) is 2.40. The highest BCUT2D eigenvalue weighted by molar-refractivity contribution is 6.36. The molecule has 0 aromatic heterocycles. The number of phenols is 1. The normalized spacial score (nSPS) is 16.1. The minimum absolute atomic E-state index is 0. The fraction of sp³-hybridized carbons (Fsp3) is 0.417. The van der Waals surface area contributed by atoms with Crippen LogP contribution in [0.3, 0.4) is 0 Å². The van der Waals surface area contributed by atoms with Gasteiger partial charge in [0, 0.05) is 31.2 Å². The predicted octanol–water partition coefficient (Wildman–Crippen LogP) is 2.51. The van der Waals surface area contributed by atoms with Crippen LogP contribution in [-0.4, -0.2) is 54.0 Å². The van der Waals surface area contributed by atoms with E-state index in [2.05, 4.69) is 4.90 Å². The summed E-state index contributed by atoms with van der Waals surface area (Å²) in [7, 11) is 2.01. The lowest BCUT2D eigenvalue weighted by molar-refractivity contribution is 0.0661. The molecule has 2 rings (SSSR count). The summed E-state index contributed by atoms with van der Waals surface area (Å²) >= 11 is 11.7. The lowest BCUT2D eigenvalue weighted by atomic mass is 10.1. The number of hydrogen-bond donors (Lipinski definition) is 1. The zero-order valence-corrected chi connectivity index (χ0v) is 12.7. The van der Waals surface area contributed by atoms with Gasteiger partial charge in [-0.05, 0) is 19.2 Å². The Morgan fingerprint density at radius 1 is 1.21 bits per heavy atom. The van der Waals surface area contributed by atoms with E-state index in [9.17, 15) is 9.90 Å². The average Bonchev–Trinajstić information content (AvgIpc) is 2.34. The van der Waals surface area contributed by atoms with Crippen molar-refractivity contribution in [2.24, 2.45) is 0 Å². The molecule has 106 valence electrons. The van der Waals surface area contributed by atoms with Gasteiger partial charge < -0.3 is 14.9 Å². The highest BCUT2D eigenvalue weighted by Crippen LogP contribution is 2.32. The van der Waals surface area contributed by atoms with Gasteiger partial charge in [-0.2, -0.15) is 0 Å². The maximum atomic E-state index is 12.3. The first-order chi connectivity index (χ1) is 8.49. The molecule has 19 heavy (non-hydrogen) atoms. The maximum Gasteiger partial charge on any atom is 0.257 e. The lowest BCUT2D eigenvalue weighted by Gasteiger charge is -2.32. The van der Waals surface area contributed by atoms with Crippen LogP contribution in [0.25, 0.3) is 0 Å². The summed E-state index contributed by atoms with van der Waals surface area (Å²) in [5, 5.41) is 10.3. The van der Waals surface area contributed by atoms with Crippen LogP contribution >= 0.6 is 35.6 Å². The number of carbonyl (C=O) groups is 1. The number of phenolic OH excluding ortho intramolecular Hbond substituents is 1. The topological polar surface area (TPSA) is 43.8 Å². The summed E-state index contributed by atoms with van der Waals surface area (Å²) in [6, 6.07) is 2.86. The fourth-order valence-electron chi connectivity index (χ4n) is 1.91. The Balaban J connectivity index is 0.00000180. The molecule has 1 aromatic rings. The Hall–Kier alpha value is -0.680. The van der Waals surface area contributed by atoms with E-state index in [1.807, 2.05) is 7.05 Å². The monoisotopic (exact) mass is 324 g/mol. The molecule has 0 saturated carbocycles. The predicted molar refractivity (Wildman–Crippen MR) is 78.8 cm³/mol. The zero-order chi connectivity index (χ0) is 13.3. The van der Waals surface area contributed by atoms with E-state index in [-0.39, 0.29) is 34.6 Å². The Morgan fingerprint density at radius 2 is 1.79 bits per heavy atom. The highest BCUT2D eigenvalue weighted by Gasteiger charge is 2.23. The van der Waals surface area contributed by atoms with Crippen molar-refractivity contribution < 1.29 is 9.90 Å². The summed E-state index contributed by atoms with van der Waals surface area (Å²) in [6.07, 6.45) is 0. The molecule has 1 aliphatic rings. The maximum absolute atomic E-state index is 12.3. The molecule has 0 radical (unpaired) electrons. The van der Waals surface area contributed by atoms with Crippen LogP contribution in [0.4, 0.5) is 0 Å². The van der Waals surface area contributed by atoms with Crippen molar-refractivity contribution >= 4 is 41.5 Å². The van der Waals surface area contributed by atoms with Crippen LogP contribution in [0.1, 0.15) is 10.4 Å². The number of hydrogen-bond acceptors (Lipinski definition) is 3. The third-order valence-corrected chi connectivity index (χ3v) is 3.56. The molecule has 0 bridgehead atoms. The van der Waals surface area contributed by atoms with Gasteiger partial charge in [0.15, 0.2) is 0 Å². The van der Waals surface area contributed by atoms with Crippen LogP contribution < -0.4 is 0 Å². The number of amides is 1. The first kappa shape index (κ1) is 16.4. The first-order valence-electron chi connectivity index (χ1n) is 5.65. The Bertz CT molecular complexity index is 474. The second-order valence-electron chi connectivity index (χ2n) is 4.38. The molecule has 7 heteroatoms. The SMILES string of the molecule is CN1CCN(C(=O)c2cc(Cl)cc(Cl)c2O)CC1.Cl. The van der Waals surface area contributed by atoms with Crippen LogP contribution in [0.2, 0.25) is 10.0 Å². The van der Waals surface area contributed by atoms with E-state index >= 15 is 0 Å². The van der Waals surface area contributed by atoms with Crippen molar-refractivity contribution in [2.75, 3.05) is 33.2 Å². The van der Waals surface area contributed by atoms with Gasteiger partial charge in [0.2, 0.25) is 0 Å². The number of benzene rings is 1. The van der Waals surface area contributed by atoms with Crippen LogP contribution in [-0.2, 0) is 0 Å². The number of nitrogens with zero attached hydrogens (tertiary/aromatic N) is 2. The molecule has 1 saturated heterocycles. The summed E-state index contributed by atoms with van der Waals surface area (Å²) in [4.78, 5) is 16.1. The minimum atomic E-state index is -0.231. The standard InChI is InChI=1S/C12H14Cl2N2O2.ClH/c1-15-2-4-16(5-3-15)12(18)9-6-8(13)7-10(14)11(9)17;/h6-7,17H,2-5H2,1H3;1H. The van der Waals surface area contributed by atoms with Crippen molar-refractivity contribution in [2.45, 2.75) is 0 Å². The smallest absolute Gasteiger partial charge is 0.257 e. The van der Waals surface area contributed by atoms with Gasteiger partial charge in [-0.3, -0.25) is 4.79 Å². The third-order valence-electron chi connectivity index (χ3n) is 3.05. The molecule has 4 nitrogen and oxygen atoms in total. The summed E-state index contributed by atoms with van der Waals surface area (Å²) < 4.78 is 0. The largest absolute Gasteiger partial charge is 0.506 e. The summed E-state index contributed by atoms with van der Waals surface area (Å²) in [5.41, 5.74) is 0.164.